The highest BCUT2D eigenvalue weighted by molar-refractivity contribution is 6.03. The van der Waals surface area contributed by atoms with Gasteiger partial charge in [0, 0.05) is 23.6 Å². The zero-order valence-electron chi connectivity index (χ0n) is 16.8. The lowest BCUT2D eigenvalue weighted by Crippen LogP contribution is -2.36. The molecule has 0 spiro atoms. The molecule has 1 aliphatic heterocycles. The first-order valence-corrected chi connectivity index (χ1v) is 10.2. The molecule has 1 heterocycles. The molecule has 1 amide bonds. The van der Waals surface area contributed by atoms with E-state index < -0.39 is 0 Å². The second-order valence-corrected chi connectivity index (χ2v) is 7.96. The predicted molar refractivity (Wildman–Crippen MR) is 119 cm³/mol. The van der Waals surface area contributed by atoms with Crippen LogP contribution < -0.4 is 4.90 Å². The van der Waals surface area contributed by atoms with Gasteiger partial charge in [-0.15, -0.1) is 0 Å². The van der Waals surface area contributed by atoms with Gasteiger partial charge in [0.25, 0.3) is 0 Å². The molecule has 1 aliphatic rings. The van der Waals surface area contributed by atoms with Gasteiger partial charge in [0.15, 0.2) is 0 Å². The molecule has 0 saturated heterocycles. The normalized spacial score (nSPS) is 16.0. The lowest BCUT2D eigenvalue weighted by Gasteiger charge is -2.35. The Hall–Kier alpha value is -3.46. The van der Waals surface area contributed by atoms with Gasteiger partial charge < -0.3 is 4.90 Å². The van der Waals surface area contributed by atoms with Crippen molar-refractivity contribution in [2.75, 3.05) is 4.90 Å². The van der Waals surface area contributed by atoms with Crippen molar-refractivity contribution >= 4 is 22.4 Å². The number of hydrogen-bond donors (Lipinski definition) is 0. The summed E-state index contributed by atoms with van der Waals surface area (Å²) in [4.78, 5) is 15.0. The maximum absolute atomic E-state index is 14.3. The molecule has 30 heavy (non-hydrogen) atoms. The first-order valence-electron chi connectivity index (χ1n) is 10.2. The van der Waals surface area contributed by atoms with E-state index in [4.69, 9.17) is 0 Å². The van der Waals surface area contributed by atoms with Crippen molar-refractivity contribution in [3.63, 3.8) is 0 Å². The number of carbonyl (C=O) groups excluding carboxylic acids is 1. The maximum atomic E-state index is 14.3. The Labute approximate surface area is 175 Å². The first kappa shape index (κ1) is 18.6. The fourth-order valence-corrected chi connectivity index (χ4v) is 4.55. The fraction of sp³-hybridized carbons (Fsp3) is 0.148. The van der Waals surface area contributed by atoms with Crippen LogP contribution >= 0.6 is 0 Å². The molecule has 5 rings (SSSR count). The van der Waals surface area contributed by atoms with Crippen LogP contribution in [-0.2, 0) is 11.3 Å². The van der Waals surface area contributed by atoms with E-state index in [9.17, 15) is 9.18 Å². The average Bonchev–Trinajstić information content (AvgIpc) is 2.76. The summed E-state index contributed by atoms with van der Waals surface area (Å²) in [7, 11) is 0. The van der Waals surface area contributed by atoms with Crippen molar-refractivity contribution < 1.29 is 9.18 Å². The van der Waals surface area contributed by atoms with Crippen molar-refractivity contribution in [1.29, 1.82) is 0 Å². The molecule has 0 radical (unpaired) electrons. The summed E-state index contributed by atoms with van der Waals surface area (Å²) >= 11 is 0. The molecule has 2 nitrogen and oxygen atoms in total. The first-order chi connectivity index (χ1) is 14.6. The van der Waals surface area contributed by atoms with Crippen LogP contribution in [0.2, 0.25) is 0 Å². The second kappa shape index (κ2) is 7.42. The Balaban J connectivity index is 1.70. The molecule has 0 saturated carbocycles. The lowest BCUT2D eigenvalue weighted by atomic mass is 9.81. The van der Waals surface area contributed by atoms with Gasteiger partial charge in [0.1, 0.15) is 5.82 Å². The number of nitrogens with zero attached hydrogens (tertiary/aromatic N) is 1. The summed E-state index contributed by atoms with van der Waals surface area (Å²) in [6.45, 7) is 2.31. The number of amides is 1. The SMILES string of the molecule is Cc1cccc(C2CC(=O)N(Cc3ccccc3F)c3ccc4ccccc4c32)c1. The van der Waals surface area contributed by atoms with Crippen LogP contribution in [0, 0.1) is 12.7 Å². The number of carbonyl (C=O) groups is 1. The van der Waals surface area contributed by atoms with Crippen LogP contribution in [0.3, 0.4) is 0 Å². The summed E-state index contributed by atoms with van der Waals surface area (Å²) < 4.78 is 14.3. The van der Waals surface area contributed by atoms with Crippen molar-refractivity contribution in [2.24, 2.45) is 0 Å². The van der Waals surface area contributed by atoms with Gasteiger partial charge in [-0.05, 0) is 41.0 Å². The van der Waals surface area contributed by atoms with E-state index in [2.05, 4.69) is 43.3 Å². The van der Waals surface area contributed by atoms with E-state index in [1.165, 1.54) is 11.6 Å². The molecular weight excluding hydrogens is 373 g/mol. The Morgan fingerprint density at radius 2 is 1.73 bits per heavy atom. The van der Waals surface area contributed by atoms with Gasteiger partial charge in [0.2, 0.25) is 5.91 Å². The number of anilines is 1. The monoisotopic (exact) mass is 395 g/mol. The summed E-state index contributed by atoms with van der Waals surface area (Å²) in [6, 6.07) is 27.4. The molecular formula is C27H22FNO. The largest absolute Gasteiger partial charge is 0.308 e. The molecule has 4 aromatic rings. The minimum atomic E-state index is -0.284. The third-order valence-corrected chi connectivity index (χ3v) is 6.00. The fourth-order valence-electron chi connectivity index (χ4n) is 4.55. The zero-order chi connectivity index (χ0) is 20.7. The van der Waals surface area contributed by atoms with Crippen LogP contribution in [0.1, 0.15) is 34.6 Å². The van der Waals surface area contributed by atoms with Crippen LogP contribution in [0.5, 0.6) is 0 Å². The predicted octanol–water partition coefficient (Wildman–Crippen LogP) is 6.36. The Morgan fingerprint density at radius 3 is 2.57 bits per heavy atom. The second-order valence-electron chi connectivity index (χ2n) is 7.96. The maximum Gasteiger partial charge on any atom is 0.228 e. The molecule has 0 fully saturated rings. The third kappa shape index (κ3) is 3.17. The van der Waals surface area contributed by atoms with E-state index in [-0.39, 0.29) is 24.2 Å². The molecule has 1 unspecified atom stereocenters. The number of fused-ring (bicyclic) bond motifs is 3. The number of rotatable bonds is 3. The smallest absolute Gasteiger partial charge is 0.228 e. The summed E-state index contributed by atoms with van der Waals surface area (Å²) in [5, 5.41) is 2.29. The zero-order valence-corrected chi connectivity index (χ0v) is 16.8. The van der Waals surface area contributed by atoms with Gasteiger partial charge in [-0.1, -0.05) is 78.4 Å². The van der Waals surface area contributed by atoms with Gasteiger partial charge in [-0.25, -0.2) is 4.39 Å². The Morgan fingerprint density at radius 1 is 0.933 bits per heavy atom. The highest BCUT2D eigenvalue weighted by Crippen LogP contribution is 2.44. The average molecular weight is 395 g/mol. The molecule has 0 aromatic heterocycles. The molecule has 1 atom stereocenters. The van der Waals surface area contributed by atoms with Gasteiger partial charge >= 0.3 is 0 Å². The molecule has 0 aliphatic carbocycles. The van der Waals surface area contributed by atoms with E-state index in [0.29, 0.717) is 12.0 Å². The standard InChI is InChI=1S/C27H22FNO/c1-18-7-6-10-20(15-18)23-16-26(30)29(17-21-9-3-5-12-24(21)28)25-14-13-19-8-2-4-11-22(19)27(23)25/h2-15,23H,16-17H2,1H3. The van der Waals surface area contributed by atoms with Crippen molar-refractivity contribution in [1.82, 2.24) is 0 Å². The summed E-state index contributed by atoms with van der Waals surface area (Å²) in [5.41, 5.74) is 4.87. The van der Waals surface area contributed by atoms with Gasteiger partial charge in [0.05, 0.1) is 6.54 Å². The molecule has 148 valence electrons. The lowest BCUT2D eigenvalue weighted by molar-refractivity contribution is -0.119. The molecule has 3 heteroatoms. The number of benzene rings is 4. The highest BCUT2D eigenvalue weighted by atomic mass is 19.1. The molecule has 4 aromatic carbocycles. The van der Waals surface area contributed by atoms with Gasteiger partial charge in [-0.2, -0.15) is 0 Å². The number of halogens is 1. The highest BCUT2D eigenvalue weighted by Gasteiger charge is 2.34. The summed E-state index contributed by atoms with van der Waals surface area (Å²) in [6.07, 6.45) is 0.374. The van der Waals surface area contributed by atoms with Crippen LogP contribution in [0.4, 0.5) is 10.1 Å². The summed E-state index contributed by atoms with van der Waals surface area (Å²) in [5.74, 6) is -0.281. The quantitative estimate of drug-likeness (QED) is 0.395. The van der Waals surface area contributed by atoms with Crippen LogP contribution in [0.15, 0.2) is 84.9 Å². The van der Waals surface area contributed by atoms with Crippen LogP contribution in [-0.4, -0.2) is 5.91 Å². The minimum absolute atomic E-state index is 0.0182. The Kier molecular flexibility index (Phi) is 4.59. The van der Waals surface area contributed by atoms with E-state index in [0.717, 1.165) is 27.6 Å². The van der Waals surface area contributed by atoms with E-state index >= 15 is 0 Å². The molecule has 0 bridgehead atoms. The van der Waals surface area contributed by atoms with E-state index in [1.54, 1.807) is 17.0 Å². The third-order valence-electron chi connectivity index (χ3n) is 6.00. The minimum Gasteiger partial charge on any atom is -0.308 e. The van der Waals surface area contributed by atoms with E-state index in [1.807, 2.05) is 30.3 Å². The number of aryl methyl sites for hydroxylation is 1. The van der Waals surface area contributed by atoms with Crippen molar-refractivity contribution in [3.05, 3.63) is 113 Å². The van der Waals surface area contributed by atoms with Gasteiger partial charge in [-0.3, -0.25) is 4.79 Å². The van der Waals surface area contributed by atoms with Crippen molar-refractivity contribution in [3.8, 4) is 0 Å². The topological polar surface area (TPSA) is 20.3 Å². The number of hydrogen-bond acceptors (Lipinski definition) is 1. The van der Waals surface area contributed by atoms with Crippen molar-refractivity contribution in [2.45, 2.75) is 25.8 Å². The van der Waals surface area contributed by atoms with Crippen LogP contribution in [0.25, 0.3) is 10.8 Å². The Bertz CT molecular complexity index is 1260. The molecule has 0 N–H and O–H groups in total.